The number of ether oxygens (including phenoxy) is 1. The Kier molecular flexibility index (Phi) is 3.76. The monoisotopic (exact) mass is 440 g/mol. The fraction of sp³-hybridized carbons (Fsp3) is 0.348. The van der Waals surface area contributed by atoms with Gasteiger partial charge in [-0.3, -0.25) is 4.79 Å². The number of carbonyl (C=O) groups is 1. The van der Waals surface area contributed by atoms with Crippen LogP contribution in [0.2, 0.25) is 5.02 Å². The molecule has 0 fully saturated rings. The number of benzene rings is 1. The minimum atomic E-state index is -1.87. The minimum Gasteiger partial charge on any atom is -0.458 e. The smallest absolute Gasteiger partial charge is 0.343 e. The third-order valence-electron chi connectivity index (χ3n) is 6.94. The fourth-order valence-corrected chi connectivity index (χ4v) is 5.56. The predicted molar refractivity (Wildman–Crippen MR) is 112 cm³/mol. The minimum absolute atomic E-state index is 0.0814. The number of fused-ring (bicyclic) bond motifs is 5. The van der Waals surface area contributed by atoms with Gasteiger partial charge in [-0.05, 0) is 42.9 Å². The molecule has 31 heavy (non-hydrogen) atoms. The van der Waals surface area contributed by atoms with Crippen LogP contribution in [-0.4, -0.2) is 20.6 Å². The Bertz CT molecular complexity index is 1410. The van der Waals surface area contributed by atoms with Crippen molar-refractivity contribution in [3.8, 4) is 11.4 Å². The van der Waals surface area contributed by atoms with Crippen molar-refractivity contribution in [3.05, 3.63) is 61.1 Å². The molecule has 0 unspecified atom stereocenters. The van der Waals surface area contributed by atoms with Gasteiger partial charge in [0.15, 0.2) is 5.60 Å². The van der Waals surface area contributed by atoms with Crippen molar-refractivity contribution in [3.63, 3.8) is 0 Å². The van der Waals surface area contributed by atoms with E-state index in [0.717, 1.165) is 34.9 Å². The molecule has 1 atom stereocenters. The summed E-state index contributed by atoms with van der Waals surface area (Å²) in [5.74, 6) is -1.26. The largest absolute Gasteiger partial charge is 0.458 e. The summed E-state index contributed by atoms with van der Waals surface area (Å²) < 4.78 is 21.2. The Morgan fingerprint density at radius 2 is 2.00 bits per heavy atom. The zero-order valence-corrected chi connectivity index (χ0v) is 17.5. The molecule has 1 N–H and O–H groups in total. The number of carbonyl (C=O) groups excluding carboxylic acids is 1. The van der Waals surface area contributed by atoms with Gasteiger partial charge in [0.1, 0.15) is 12.4 Å². The number of hydrogen-bond acceptors (Lipinski definition) is 5. The number of rotatable bonds is 1. The Labute approximate surface area is 181 Å². The molecule has 2 aromatic heterocycles. The first kappa shape index (κ1) is 19.0. The molecule has 3 aromatic rings. The highest BCUT2D eigenvalue weighted by molar-refractivity contribution is 6.32. The molecule has 0 saturated carbocycles. The average Bonchev–Trinajstić information content (AvgIpc) is 3.14. The summed E-state index contributed by atoms with van der Waals surface area (Å²) in [6.07, 6.45) is 2.39. The standard InChI is InChI=1S/C23H18ClFN2O4/c1-2-23(30)14-6-17-20-12(8-27(17)21(28)13(14)9-31-22(23)29)10-4-3-5-11-18(10)16(26-20)7-15(25)19(11)24/h6-7,30H,2-5,8-9H2,1H3/t23-/m0/s1. The molecule has 6 rings (SSSR count). The summed E-state index contributed by atoms with van der Waals surface area (Å²) in [6, 6.07) is 3.02. The van der Waals surface area contributed by atoms with E-state index in [-0.39, 0.29) is 34.7 Å². The van der Waals surface area contributed by atoms with Gasteiger partial charge in [-0.1, -0.05) is 18.5 Å². The lowest BCUT2D eigenvalue weighted by molar-refractivity contribution is -0.172. The SMILES string of the molecule is CC[C@@]1(O)C(=O)OCc2c1cc1n(c2=O)Cc2c-1nc1cc(F)c(Cl)c3c1c2CCC3. The summed E-state index contributed by atoms with van der Waals surface area (Å²) in [5, 5.41) is 12.0. The van der Waals surface area contributed by atoms with Gasteiger partial charge in [0.2, 0.25) is 0 Å². The van der Waals surface area contributed by atoms with Gasteiger partial charge in [-0.25, -0.2) is 14.2 Å². The van der Waals surface area contributed by atoms with Crippen molar-refractivity contribution in [2.45, 2.75) is 51.4 Å². The van der Waals surface area contributed by atoms with Crippen LogP contribution in [0.3, 0.4) is 0 Å². The molecule has 0 radical (unpaired) electrons. The first-order valence-electron chi connectivity index (χ1n) is 10.3. The van der Waals surface area contributed by atoms with Crippen LogP contribution >= 0.6 is 11.6 Å². The molecule has 0 bridgehead atoms. The third-order valence-corrected chi connectivity index (χ3v) is 7.34. The van der Waals surface area contributed by atoms with Gasteiger partial charge < -0.3 is 14.4 Å². The third kappa shape index (κ3) is 2.28. The Hall–Kier alpha value is -2.77. The number of esters is 1. The Morgan fingerprint density at radius 3 is 2.77 bits per heavy atom. The summed E-state index contributed by atoms with van der Waals surface area (Å²) >= 11 is 6.26. The highest BCUT2D eigenvalue weighted by Crippen LogP contribution is 2.43. The molecule has 0 spiro atoms. The highest BCUT2D eigenvalue weighted by Gasteiger charge is 2.45. The normalized spacial score (nSPS) is 21.0. The summed E-state index contributed by atoms with van der Waals surface area (Å²) in [7, 11) is 0. The lowest BCUT2D eigenvalue weighted by Gasteiger charge is -2.31. The molecular formula is C23H18ClFN2O4. The van der Waals surface area contributed by atoms with Gasteiger partial charge in [-0.2, -0.15) is 0 Å². The molecule has 2 aliphatic heterocycles. The molecule has 1 aliphatic carbocycles. The number of halogens is 2. The van der Waals surface area contributed by atoms with E-state index in [1.54, 1.807) is 17.6 Å². The second kappa shape index (κ2) is 6.14. The van der Waals surface area contributed by atoms with Gasteiger partial charge >= 0.3 is 5.97 Å². The number of cyclic esters (lactones) is 1. The van der Waals surface area contributed by atoms with E-state index < -0.39 is 17.4 Å². The molecule has 6 nitrogen and oxygen atoms in total. The quantitative estimate of drug-likeness (QED) is 0.459. The number of hydrogen-bond donors (Lipinski definition) is 1. The van der Waals surface area contributed by atoms with Crippen LogP contribution in [0, 0.1) is 5.82 Å². The summed E-state index contributed by atoms with van der Waals surface area (Å²) in [4.78, 5) is 30.4. The molecule has 3 aliphatic rings. The number of aryl methyl sites for hydroxylation is 2. The zero-order chi connectivity index (χ0) is 21.7. The first-order chi connectivity index (χ1) is 14.8. The molecule has 8 heteroatoms. The van der Waals surface area contributed by atoms with E-state index in [2.05, 4.69) is 0 Å². The fourth-order valence-electron chi connectivity index (χ4n) is 5.32. The molecule has 1 aromatic carbocycles. The summed E-state index contributed by atoms with van der Waals surface area (Å²) in [5.41, 5.74) is 2.75. The molecule has 4 heterocycles. The van der Waals surface area contributed by atoms with E-state index >= 15 is 0 Å². The second-order valence-corrected chi connectivity index (χ2v) is 8.80. The number of nitrogens with zero attached hydrogens (tertiary/aromatic N) is 2. The van der Waals surface area contributed by atoms with Crippen molar-refractivity contribution in [2.24, 2.45) is 0 Å². The lowest BCUT2D eigenvalue weighted by atomic mass is 9.85. The van der Waals surface area contributed by atoms with E-state index in [4.69, 9.17) is 21.3 Å². The van der Waals surface area contributed by atoms with E-state index in [1.807, 2.05) is 0 Å². The topological polar surface area (TPSA) is 81.4 Å². The predicted octanol–water partition coefficient (Wildman–Crippen LogP) is 3.36. The van der Waals surface area contributed by atoms with Crippen LogP contribution in [0.15, 0.2) is 16.9 Å². The van der Waals surface area contributed by atoms with Crippen molar-refractivity contribution in [1.82, 2.24) is 9.55 Å². The van der Waals surface area contributed by atoms with Crippen LogP contribution in [0.25, 0.3) is 22.3 Å². The molecule has 0 saturated heterocycles. The van der Waals surface area contributed by atoms with Crippen LogP contribution in [-0.2, 0) is 41.1 Å². The van der Waals surface area contributed by atoms with E-state index in [0.29, 0.717) is 29.9 Å². The van der Waals surface area contributed by atoms with E-state index in [9.17, 15) is 19.1 Å². The first-order valence-corrected chi connectivity index (χ1v) is 10.7. The van der Waals surface area contributed by atoms with Crippen LogP contribution in [0.1, 0.15) is 47.6 Å². The summed E-state index contributed by atoms with van der Waals surface area (Å²) in [6.45, 7) is 1.83. The Morgan fingerprint density at radius 1 is 1.23 bits per heavy atom. The van der Waals surface area contributed by atoms with Crippen molar-refractivity contribution in [2.75, 3.05) is 0 Å². The highest BCUT2D eigenvalue weighted by atomic mass is 35.5. The van der Waals surface area contributed by atoms with Gasteiger partial charge in [0.05, 0.1) is 34.0 Å². The van der Waals surface area contributed by atoms with Gasteiger partial charge in [-0.15, -0.1) is 0 Å². The Balaban J connectivity index is 1.68. The second-order valence-electron chi connectivity index (χ2n) is 8.42. The van der Waals surface area contributed by atoms with Crippen molar-refractivity contribution < 1.29 is 19.0 Å². The van der Waals surface area contributed by atoms with Gasteiger partial charge in [0, 0.05) is 22.6 Å². The number of pyridine rings is 2. The van der Waals surface area contributed by atoms with Crippen LogP contribution in [0.5, 0.6) is 0 Å². The maximum atomic E-state index is 14.5. The number of aliphatic hydroxyl groups is 1. The maximum Gasteiger partial charge on any atom is 0.343 e. The van der Waals surface area contributed by atoms with Gasteiger partial charge in [0.25, 0.3) is 5.56 Å². The van der Waals surface area contributed by atoms with Crippen LogP contribution < -0.4 is 5.56 Å². The van der Waals surface area contributed by atoms with Crippen LogP contribution in [0.4, 0.5) is 4.39 Å². The maximum absolute atomic E-state index is 14.5. The molecule has 158 valence electrons. The number of aromatic nitrogens is 2. The van der Waals surface area contributed by atoms with E-state index in [1.165, 1.54) is 6.07 Å². The molecular weight excluding hydrogens is 423 g/mol. The van der Waals surface area contributed by atoms with Crippen molar-refractivity contribution in [1.29, 1.82) is 0 Å². The molecule has 0 amide bonds. The lowest BCUT2D eigenvalue weighted by Crippen LogP contribution is -2.44. The zero-order valence-electron chi connectivity index (χ0n) is 16.7. The van der Waals surface area contributed by atoms with Crippen molar-refractivity contribution >= 4 is 28.5 Å². The average molecular weight is 441 g/mol.